The molecule has 92 valence electrons. The standard InChI is InChI=1S/C13H12FN3S/c14-9-3-1-8(2-4-9)7-11-10-5-6-15-12(10)17-13(18)16-11/h1-4H,5-7H2,(H2,15,16,17,18). The average molecular weight is 261 g/mol. The van der Waals surface area contributed by atoms with Gasteiger partial charge in [0.05, 0.1) is 0 Å². The van der Waals surface area contributed by atoms with Crippen molar-refractivity contribution in [2.24, 2.45) is 0 Å². The SMILES string of the molecule is Fc1ccc(Cc2[nH]c(=S)nc3c2CCN3)cc1. The lowest BCUT2D eigenvalue weighted by molar-refractivity contribution is 0.627. The number of benzene rings is 1. The van der Waals surface area contributed by atoms with Crippen molar-refractivity contribution in [3.05, 3.63) is 51.7 Å². The summed E-state index contributed by atoms with van der Waals surface area (Å²) < 4.78 is 13.4. The number of hydrogen-bond donors (Lipinski definition) is 2. The highest BCUT2D eigenvalue weighted by molar-refractivity contribution is 7.71. The number of hydrogen-bond acceptors (Lipinski definition) is 3. The number of H-pyrrole nitrogens is 1. The molecule has 1 aromatic carbocycles. The molecule has 0 spiro atoms. The quantitative estimate of drug-likeness (QED) is 0.817. The molecule has 0 fully saturated rings. The van der Waals surface area contributed by atoms with Crippen LogP contribution in [-0.2, 0) is 12.8 Å². The van der Waals surface area contributed by atoms with Gasteiger partial charge in [0.15, 0.2) is 4.77 Å². The molecule has 0 aliphatic carbocycles. The van der Waals surface area contributed by atoms with Crippen LogP contribution in [0.2, 0.25) is 0 Å². The number of anilines is 1. The highest BCUT2D eigenvalue weighted by Gasteiger charge is 2.16. The van der Waals surface area contributed by atoms with Gasteiger partial charge in [0.25, 0.3) is 0 Å². The first-order valence-corrected chi connectivity index (χ1v) is 6.23. The fourth-order valence-electron chi connectivity index (χ4n) is 2.22. The largest absolute Gasteiger partial charge is 0.369 e. The number of halogens is 1. The van der Waals surface area contributed by atoms with E-state index in [1.54, 1.807) is 12.1 Å². The molecule has 1 aliphatic heterocycles. The number of aromatic nitrogens is 2. The molecule has 0 amide bonds. The fraction of sp³-hybridized carbons (Fsp3) is 0.231. The Morgan fingerprint density at radius 2 is 2.06 bits per heavy atom. The van der Waals surface area contributed by atoms with Crippen molar-refractivity contribution in [2.45, 2.75) is 12.8 Å². The predicted molar refractivity (Wildman–Crippen MR) is 70.8 cm³/mol. The lowest BCUT2D eigenvalue weighted by Gasteiger charge is -2.07. The van der Waals surface area contributed by atoms with E-state index < -0.39 is 0 Å². The van der Waals surface area contributed by atoms with Gasteiger partial charge in [-0.05, 0) is 36.3 Å². The molecule has 0 bridgehead atoms. The van der Waals surface area contributed by atoms with Crippen LogP contribution in [0.4, 0.5) is 10.2 Å². The molecule has 0 atom stereocenters. The first-order chi connectivity index (χ1) is 8.72. The minimum atomic E-state index is -0.215. The lowest BCUT2D eigenvalue weighted by Crippen LogP contribution is -2.00. The summed E-state index contributed by atoms with van der Waals surface area (Å²) in [7, 11) is 0. The third-order valence-corrected chi connectivity index (χ3v) is 3.28. The van der Waals surface area contributed by atoms with E-state index in [1.165, 1.54) is 17.7 Å². The molecule has 2 heterocycles. The van der Waals surface area contributed by atoms with Gasteiger partial charge in [0.2, 0.25) is 0 Å². The van der Waals surface area contributed by atoms with Gasteiger partial charge in [0, 0.05) is 24.2 Å². The number of nitrogens with one attached hydrogen (secondary N) is 2. The topological polar surface area (TPSA) is 40.7 Å². The van der Waals surface area contributed by atoms with Crippen LogP contribution in [0.1, 0.15) is 16.8 Å². The lowest BCUT2D eigenvalue weighted by atomic mass is 10.1. The zero-order chi connectivity index (χ0) is 12.5. The molecule has 2 N–H and O–H groups in total. The Bertz CT molecular complexity index is 634. The van der Waals surface area contributed by atoms with Gasteiger partial charge in [-0.1, -0.05) is 12.1 Å². The molecule has 3 nitrogen and oxygen atoms in total. The third-order valence-electron chi connectivity index (χ3n) is 3.08. The summed E-state index contributed by atoms with van der Waals surface area (Å²) >= 11 is 5.11. The smallest absolute Gasteiger partial charge is 0.198 e. The Labute approximate surface area is 109 Å². The van der Waals surface area contributed by atoms with Gasteiger partial charge in [-0.3, -0.25) is 0 Å². The van der Waals surface area contributed by atoms with E-state index in [2.05, 4.69) is 15.3 Å². The summed E-state index contributed by atoms with van der Waals surface area (Å²) in [6.07, 6.45) is 1.67. The molecule has 5 heteroatoms. The van der Waals surface area contributed by atoms with Crippen molar-refractivity contribution in [3.63, 3.8) is 0 Å². The van der Waals surface area contributed by atoms with Gasteiger partial charge in [-0.15, -0.1) is 0 Å². The van der Waals surface area contributed by atoms with Crippen molar-refractivity contribution in [2.75, 3.05) is 11.9 Å². The summed E-state index contributed by atoms with van der Waals surface area (Å²) in [5.41, 5.74) is 3.32. The van der Waals surface area contributed by atoms with Gasteiger partial charge in [-0.25, -0.2) is 9.37 Å². The summed E-state index contributed by atoms with van der Waals surface area (Å²) in [5.74, 6) is 0.671. The van der Waals surface area contributed by atoms with Crippen molar-refractivity contribution >= 4 is 18.0 Å². The molecular weight excluding hydrogens is 249 g/mol. The van der Waals surface area contributed by atoms with Crippen LogP contribution in [0.15, 0.2) is 24.3 Å². The van der Waals surface area contributed by atoms with Crippen LogP contribution in [0, 0.1) is 10.6 Å². The molecule has 1 aliphatic rings. The van der Waals surface area contributed by atoms with Gasteiger partial charge < -0.3 is 10.3 Å². The molecule has 1 aromatic heterocycles. The van der Waals surface area contributed by atoms with Gasteiger partial charge >= 0.3 is 0 Å². The fourth-order valence-corrected chi connectivity index (χ4v) is 2.44. The average Bonchev–Trinajstić information content (AvgIpc) is 2.80. The molecular formula is C13H12FN3S. The Hall–Kier alpha value is -1.75. The number of aromatic amines is 1. The maximum absolute atomic E-state index is 12.9. The van der Waals surface area contributed by atoms with E-state index >= 15 is 0 Å². The first-order valence-electron chi connectivity index (χ1n) is 5.83. The van der Waals surface area contributed by atoms with E-state index in [-0.39, 0.29) is 5.82 Å². The minimum absolute atomic E-state index is 0.215. The van der Waals surface area contributed by atoms with Crippen LogP contribution < -0.4 is 5.32 Å². The number of nitrogens with zero attached hydrogens (tertiary/aromatic N) is 1. The van der Waals surface area contributed by atoms with Crippen molar-refractivity contribution in [1.29, 1.82) is 0 Å². The second-order valence-electron chi connectivity index (χ2n) is 4.33. The van der Waals surface area contributed by atoms with E-state index in [1.807, 2.05) is 0 Å². The van der Waals surface area contributed by atoms with Crippen LogP contribution >= 0.6 is 12.2 Å². The van der Waals surface area contributed by atoms with Crippen LogP contribution in [0.5, 0.6) is 0 Å². The number of fused-ring (bicyclic) bond motifs is 1. The molecule has 0 saturated heterocycles. The molecule has 0 saturated carbocycles. The zero-order valence-electron chi connectivity index (χ0n) is 9.66. The van der Waals surface area contributed by atoms with Crippen molar-refractivity contribution < 1.29 is 4.39 Å². The van der Waals surface area contributed by atoms with E-state index in [0.29, 0.717) is 4.77 Å². The highest BCUT2D eigenvalue weighted by atomic mass is 32.1. The summed E-state index contributed by atoms with van der Waals surface area (Å²) in [5, 5.41) is 3.22. The summed E-state index contributed by atoms with van der Waals surface area (Å²) in [4.78, 5) is 7.40. The molecule has 0 unspecified atom stereocenters. The highest BCUT2D eigenvalue weighted by Crippen LogP contribution is 2.23. The van der Waals surface area contributed by atoms with Gasteiger partial charge in [0.1, 0.15) is 11.6 Å². The summed E-state index contributed by atoms with van der Waals surface area (Å²) in [6, 6.07) is 6.54. The Morgan fingerprint density at radius 1 is 1.28 bits per heavy atom. The van der Waals surface area contributed by atoms with Crippen LogP contribution in [0.25, 0.3) is 0 Å². The second-order valence-corrected chi connectivity index (χ2v) is 4.71. The van der Waals surface area contributed by atoms with Crippen molar-refractivity contribution in [3.8, 4) is 0 Å². The molecule has 0 radical (unpaired) electrons. The monoisotopic (exact) mass is 261 g/mol. The predicted octanol–water partition coefficient (Wildman–Crippen LogP) is 2.84. The summed E-state index contributed by atoms with van der Waals surface area (Å²) in [6.45, 7) is 0.894. The molecule has 3 rings (SSSR count). The first kappa shape index (κ1) is 11.3. The van der Waals surface area contributed by atoms with E-state index in [4.69, 9.17) is 12.2 Å². The Morgan fingerprint density at radius 3 is 2.83 bits per heavy atom. The Kier molecular flexibility index (Phi) is 2.83. The van der Waals surface area contributed by atoms with E-state index in [0.717, 1.165) is 36.5 Å². The van der Waals surface area contributed by atoms with E-state index in [9.17, 15) is 4.39 Å². The van der Waals surface area contributed by atoms with Gasteiger partial charge in [-0.2, -0.15) is 0 Å². The van der Waals surface area contributed by atoms with Crippen molar-refractivity contribution in [1.82, 2.24) is 9.97 Å². The normalized spacial score (nSPS) is 13.2. The zero-order valence-corrected chi connectivity index (χ0v) is 10.5. The second kappa shape index (κ2) is 4.49. The molecule has 2 aromatic rings. The maximum Gasteiger partial charge on any atom is 0.198 e. The minimum Gasteiger partial charge on any atom is -0.369 e. The number of rotatable bonds is 2. The van der Waals surface area contributed by atoms with Crippen LogP contribution in [0.3, 0.4) is 0 Å². The Balaban J connectivity index is 1.98. The third kappa shape index (κ3) is 2.13. The maximum atomic E-state index is 12.9. The molecule has 18 heavy (non-hydrogen) atoms. The van der Waals surface area contributed by atoms with Crippen LogP contribution in [-0.4, -0.2) is 16.5 Å².